The van der Waals surface area contributed by atoms with Crippen LogP contribution in [0.4, 0.5) is 11.4 Å². The van der Waals surface area contributed by atoms with Crippen LogP contribution >= 0.6 is 0 Å². The van der Waals surface area contributed by atoms with Gasteiger partial charge >= 0.3 is 0 Å². The average molecular weight is 489 g/mol. The predicted octanol–water partition coefficient (Wildman–Crippen LogP) is 3.51. The van der Waals surface area contributed by atoms with E-state index in [1.54, 1.807) is 24.3 Å². The third kappa shape index (κ3) is 5.05. The highest BCUT2D eigenvalue weighted by molar-refractivity contribution is 6.07. The van der Waals surface area contributed by atoms with Crippen molar-refractivity contribution >= 4 is 29.1 Å². The van der Waals surface area contributed by atoms with E-state index in [1.807, 2.05) is 36.4 Å². The van der Waals surface area contributed by atoms with Gasteiger partial charge in [-0.25, -0.2) is 5.01 Å². The molecule has 0 bridgehead atoms. The number of hydrazine groups is 1. The Morgan fingerprint density at radius 1 is 1.00 bits per heavy atom. The molecule has 2 N–H and O–H groups in total. The van der Waals surface area contributed by atoms with Crippen LogP contribution in [0.25, 0.3) is 0 Å². The fourth-order valence-electron chi connectivity index (χ4n) is 5.40. The standard InChI is InChI=1S/C28H32N4O4/c1-18-15-31(16-19(2)36-18)17-21-8-3-6-13-25(21)29-26(33)20-9-7-10-22(14-20)32-28(35)24-12-5-4-11-23(24)27(34)30-32/h3-10,13-14,18-19,23-24H,11-12,15-17H2,1-2H3,(H,29,33)(H,30,34). The van der Waals surface area contributed by atoms with Gasteiger partial charge in [0.2, 0.25) is 11.8 Å². The normalized spacial score (nSPS) is 26.3. The second-order valence-corrected chi connectivity index (χ2v) is 9.92. The van der Waals surface area contributed by atoms with Gasteiger partial charge in [0.15, 0.2) is 0 Å². The van der Waals surface area contributed by atoms with Crippen LogP contribution < -0.4 is 15.8 Å². The number of carbonyl (C=O) groups is 3. The summed E-state index contributed by atoms with van der Waals surface area (Å²) in [6, 6.07) is 14.6. The maximum Gasteiger partial charge on any atom is 0.255 e. The van der Waals surface area contributed by atoms with Crippen LogP contribution in [0, 0.1) is 11.8 Å². The molecule has 2 aromatic rings. The van der Waals surface area contributed by atoms with Crippen LogP contribution in [0.2, 0.25) is 0 Å². The van der Waals surface area contributed by atoms with Crippen molar-refractivity contribution in [1.29, 1.82) is 0 Å². The monoisotopic (exact) mass is 488 g/mol. The van der Waals surface area contributed by atoms with Gasteiger partial charge < -0.3 is 10.1 Å². The molecule has 3 aliphatic rings. The summed E-state index contributed by atoms with van der Waals surface area (Å²) < 4.78 is 5.84. The number of hydrogen-bond donors (Lipinski definition) is 2. The Labute approximate surface area is 211 Å². The van der Waals surface area contributed by atoms with Gasteiger partial charge in [0.25, 0.3) is 5.91 Å². The minimum atomic E-state index is -0.376. The first kappa shape index (κ1) is 24.2. The molecule has 5 rings (SSSR count). The maximum atomic E-state index is 13.2. The third-order valence-electron chi connectivity index (χ3n) is 7.05. The lowest BCUT2D eigenvalue weighted by Crippen LogP contribution is -2.59. The van der Waals surface area contributed by atoms with Gasteiger partial charge in [-0.05, 0) is 56.5 Å². The average Bonchev–Trinajstić information content (AvgIpc) is 2.87. The van der Waals surface area contributed by atoms with Crippen molar-refractivity contribution in [3.8, 4) is 0 Å². The zero-order valence-corrected chi connectivity index (χ0v) is 20.6. The first-order chi connectivity index (χ1) is 17.4. The second-order valence-electron chi connectivity index (χ2n) is 9.92. The first-order valence-electron chi connectivity index (χ1n) is 12.6. The number of benzene rings is 2. The van der Waals surface area contributed by atoms with Crippen LogP contribution in [0.15, 0.2) is 60.7 Å². The number of nitrogens with zero attached hydrogens (tertiary/aromatic N) is 2. The number of fused-ring (bicyclic) bond motifs is 1. The van der Waals surface area contributed by atoms with Crippen molar-refractivity contribution in [3.05, 3.63) is 71.8 Å². The zero-order valence-electron chi connectivity index (χ0n) is 20.6. The Bertz CT molecular complexity index is 1190. The van der Waals surface area contributed by atoms with Gasteiger partial charge in [0.1, 0.15) is 0 Å². The van der Waals surface area contributed by atoms with Crippen LogP contribution in [0.5, 0.6) is 0 Å². The van der Waals surface area contributed by atoms with Gasteiger partial charge in [-0.15, -0.1) is 0 Å². The summed E-state index contributed by atoms with van der Waals surface area (Å²) in [6.45, 7) is 6.53. The molecule has 0 saturated carbocycles. The lowest BCUT2D eigenvalue weighted by atomic mass is 9.80. The third-order valence-corrected chi connectivity index (χ3v) is 7.05. The number of carbonyl (C=O) groups excluding carboxylic acids is 3. The molecule has 2 aliphatic heterocycles. The summed E-state index contributed by atoms with van der Waals surface area (Å²) in [5, 5.41) is 4.32. The second kappa shape index (κ2) is 10.2. The number of morpholine rings is 1. The van der Waals surface area contributed by atoms with E-state index in [0.29, 0.717) is 30.6 Å². The number of ether oxygens (including phenoxy) is 1. The van der Waals surface area contributed by atoms with Crippen molar-refractivity contribution in [2.75, 3.05) is 23.4 Å². The van der Waals surface area contributed by atoms with Gasteiger partial charge in [0, 0.05) is 30.9 Å². The lowest BCUT2D eigenvalue weighted by molar-refractivity contribution is -0.139. The van der Waals surface area contributed by atoms with Crippen molar-refractivity contribution in [1.82, 2.24) is 10.3 Å². The van der Waals surface area contributed by atoms with E-state index < -0.39 is 0 Å². The number of rotatable bonds is 5. The number of anilines is 2. The van der Waals surface area contributed by atoms with E-state index in [9.17, 15) is 14.4 Å². The molecule has 8 nitrogen and oxygen atoms in total. The number of amides is 3. The fraction of sp³-hybridized carbons (Fsp3) is 0.393. The molecule has 2 saturated heterocycles. The minimum Gasteiger partial charge on any atom is -0.373 e. The quantitative estimate of drug-likeness (QED) is 0.629. The van der Waals surface area contributed by atoms with Crippen molar-refractivity contribution in [2.45, 2.75) is 45.4 Å². The zero-order chi connectivity index (χ0) is 25.2. The summed E-state index contributed by atoms with van der Waals surface area (Å²) in [5.74, 6) is -1.31. The topological polar surface area (TPSA) is 91.0 Å². The molecule has 188 valence electrons. The van der Waals surface area contributed by atoms with E-state index in [2.05, 4.69) is 29.5 Å². The highest BCUT2D eigenvalue weighted by Crippen LogP contribution is 2.32. The van der Waals surface area contributed by atoms with Gasteiger partial charge in [-0.3, -0.25) is 24.7 Å². The summed E-state index contributed by atoms with van der Waals surface area (Å²) >= 11 is 0. The molecule has 8 heteroatoms. The van der Waals surface area contributed by atoms with Crippen LogP contribution in [-0.4, -0.2) is 47.9 Å². The molecule has 0 spiro atoms. The molecule has 2 fully saturated rings. The van der Waals surface area contributed by atoms with Crippen molar-refractivity contribution in [3.63, 3.8) is 0 Å². The van der Waals surface area contributed by atoms with E-state index >= 15 is 0 Å². The van der Waals surface area contributed by atoms with Gasteiger partial charge in [-0.1, -0.05) is 36.4 Å². The fourth-order valence-corrected chi connectivity index (χ4v) is 5.40. The van der Waals surface area contributed by atoms with E-state index in [1.165, 1.54) is 5.01 Å². The Morgan fingerprint density at radius 2 is 1.72 bits per heavy atom. The largest absolute Gasteiger partial charge is 0.373 e. The maximum absolute atomic E-state index is 13.2. The molecule has 3 amide bonds. The number of allylic oxidation sites excluding steroid dienone is 2. The van der Waals surface area contributed by atoms with Crippen LogP contribution in [0.1, 0.15) is 42.6 Å². The molecule has 1 aliphatic carbocycles. The summed E-state index contributed by atoms with van der Waals surface area (Å²) in [6.07, 6.45) is 5.35. The molecular weight excluding hydrogens is 456 g/mol. The highest BCUT2D eigenvalue weighted by atomic mass is 16.5. The van der Waals surface area contributed by atoms with Crippen molar-refractivity contribution < 1.29 is 19.1 Å². The number of nitrogens with one attached hydrogen (secondary N) is 2. The molecule has 2 aromatic carbocycles. The first-order valence-corrected chi connectivity index (χ1v) is 12.6. The highest BCUT2D eigenvalue weighted by Gasteiger charge is 2.42. The smallest absolute Gasteiger partial charge is 0.255 e. The van der Waals surface area contributed by atoms with E-state index in [0.717, 1.165) is 24.3 Å². The Hall–Kier alpha value is -3.49. The van der Waals surface area contributed by atoms with Gasteiger partial charge in [-0.2, -0.15) is 0 Å². The molecule has 0 aromatic heterocycles. The number of para-hydroxylation sites is 1. The van der Waals surface area contributed by atoms with Crippen molar-refractivity contribution in [2.24, 2.45) is 11.8 Å². The summed E-state index contributed by atoms with van der Waals surface area (Å²) in [4.78, 5) is 41.3. The van der Waals surface area contributed by atoms with Crippen LogP contribution in [0.3, 0.4) is 0 Å². The number of hydrogen-bond acceptors (Lipinski definition) is 5. The summed E-state index contributed by atoms with van der Waals surface area (Å²) in [7, 11) is 0. The lowest BCUT2D eigenvalue weighted by Gasteiger charge is -2.38. The van der Waals surface area contributed by atoms with E-state index in [4.69, 9.17) is 4.74 Å². The molecule has 36 heavy (non-hydrogen) atoms. The Morgan fingerprint density at radius 3 is 2.50 bits per heavy atom. The molecule has 4 atom stereocenters. The SMILES string of the molecule is CC1CN(Cc2ccccc2NC(=O)c2cccc(N3NC(=O)C4CC=CCC4C3=O)c2)CC(C)O1. The molecule has 4 unspecified atom stereocenters. The molecular formula is C28H32N4O4. The summed E-state index contributed by atoms with van der Waals surface area (Å²) in [5.41, 5.74) is 5.37. The molecule has 2 heterocycles. The molecule has 0 radical (unpaired) electrons. The Balaban J connectivity index is 1.31. The Kier molecular flexibility index (Phi) is 6.89. The van der Waals surface area contributed by atoms with E-state index in [-0.39, 0.29) is 41.8 Å². The predicted molar refractivity (Wildman–Crippen MR) is 137 cm³/mol. The minimum absolute atomic E-state index is 0.152. The van der Waals surface area contributed by atoms with Gasteiger partial charge in [0.05, 0.1) is 29.7 Å². The van der Waals surface area contributed by atoms with Crippen LogP contribution in [-0.2, 0) is 20.9 Å².